The molecule has 7 heteroatoms. The highest BCUT2D eigenvalue weighted by molar-refractivity contribution is 6.10. The highest BCUT2D eigenvalue weighted by Crippen LogP contribution is 2.30. The van der Waals surface area contributed by atoms with Gasteiger partial charge in [0, 0.05) is 5.69 Å². The molecule has 148 valence electrons. The first kappa shape index (κ1) is 20.1. The molecule has 0 spiro atoms. The average Bonchev–Trinajstić information content (AvgIpc) is 2.92. The summed E-state index contributed by atoms with van der Waals surface area (Å²) in [6.45, 7) is 5.37. The van der Waals surface area contributed by atoms with E-state index in [4.69, 9.17) is 5.26 Å². The minimum absolute atomic E-state index is 0.352. The van der Waals surface area contributed by atoms with E-state index in [0.717, 1.165) is 10.5 Å². The Balaban J connectivity index is 1.74. The number of nitriles is 1. The molecule has 29 heavy (non-hydrogen) atoms. The molecule has 1 aliphatic heterocycles. The van der Waals surface area contributed by atoms with Crippen LogP contribution < -0.4 is 10.6 Å². The quantitative estimate of drug-likeness (QED) is 0.766. The number of anilines is 1. The predicted molar refractivity (Wildman–Crippen MR) is 108 cm³/mol. The van der Waals surface area contributed by atoms with Gasteiger partial charge in [0.1, 0.15) is 12.1 Å². The zero-order valence-corrected chi connectivity index (χ0v) is 16.5. The summed E-state index contributed by atoms with van der Waals surface area (Å²) in [5.74, 6) is -0.658. The van der Waals surface area contributed by atoms with Crippen molar-refractivity contribution in [3.8, 4) is 6.07 Å². The van der Waals surface area contributed by atoms with Crippen LogP contribution in [-0.2, 0) is 15.1 Å². The molecule has 0 bridgehead atoms. The van der Waals surface area contributed by atoms with E-state index in [1.807, 2.05) is 30.3 Å². The number of carbonyl (C=O) groups is 3. The van der Waals surface area contributed by atoms with Crippen molar-refractivity contribution in [2.45, 2.75) is 32.2 Å². The van der Waals surface area contributed by atoms with Crippen molar-refractivity contribution in [2.24, 2.45) is 0 Å². The van der Waals surface area contributed by atoms with Crippen LogP contribution in [0.15, 0.2) is 48.5 Å². The summed E-state index contributed by atoms with van der Waals surface area (Å²) in [6, 6.07) is 15.3. The third-order valence-corrected chi connectivity index (χ3v) is 5.01. The van der Waals surface area contributed by atoms with Crippen LogP contribution in [-0.4, -0.2) is 29.3 Å². The minimum atomic E-state index is -1.23. The van der Waals surface area contributed by atoms with Gasteiger partial charge in [-0.1, -0.05) is 44.2 Å². The van der Waals surface area contributed by atoms with Crippen molar-refractivity contribution < 1.29 is 14.4 Å². The first-order valence-electron chi connectivity index (χ1n) is 9.29. The molecule has 4 amide bonds. The predicted octanol–water partition coefficient (Wildman–Crippen LogP) is 3.09. The van der Waals surface area contributed by atoms with Gasteiger partial charge < -0.3 is 10.6 Å². The van der Waals surface area contributed by atoms with E-state index in [2.05, 4.69) is 24.5 Å². The molecule has 1 atom stereocenters. The van der Waals surface area contributed by atoms with E-state index in [-0.39, 0.29) is 0 Å². The SMILES string of the molecule is CC(C)c1ccc([C@]2(C)NC(=O)N(CC(=O)Nc3cccc(C#N)c3)C2=O)cc1. The Bertz CT molecular complexity index is 1010. The largest absolute Gasteiger partial charge is 0.325 e. The molecule has 1 aliphatic rings. The molecule has 1 heterocycles. The molecule has 7 nitrogen and oxygen atoms in total. The lowest BCUT2D eigenvalue weighted by molar-refractivity contribution is -0.133. The molecule has 2 aromatic rings. The molecule has 0 saturated carbocycles. The molecule has 1 saturated heterocycles. The van der Waals surface area contributed by atoms with Gasteiger partial charge in [0.25, 0.3) is 5.91 Å². The molecule has 0 aromatic heterocycles. The van der Waals surface area contributed by atoms with Crippen molar-refractivity contribution >= 4 is 23.5 Å². The standard InChI is InChI=1S/C22H22N4O3/c1-14(2)16-7-9-17(10-8-16)22(3)20(28)26(21(29)25-22)13-19(27)24-18-6-4-5-15(11-18)12-23/h4-11,14H,13H2,1-3H3,(H,24,27)(H,25,29)/t22-/m0/s1. The van der Waals surface area contributed by atoms with E-state index in [9.17, 15) is 14.4 Å². The van der Waals surface area contributed by atoms with Crippen molar-refractivity contribution in [3.63, 3.8) is 0 Å². The number of carbonyl (C=O) groups excluding carboxylic acids is 3. The van der Waals surface area contributed by atoms with E-state index >= 15 is 0 Å². The number of nitrogens with one attached hydrogen (secondary N) is 2. The molecule has 2 aromatic carbocycles. The average molecular weight is 390 g/mol. The summed E-state index contributed by atoms with van der Waals surface area (Å²) < 4.78 is 0. The Hall–Kier alpha value is -3.66. The van der Waals surface area contributed by atoms with Crippen LogP contribution in [0.4, 0.5) is 10.5 Å². The second kappa shape index (κ2) is 7.76. The number of hydrogen-bond donors (Lipinski definition) is 2. The Kier molecular flexibility index (Phi) is 5.37. The van der Waals surface area contributed by atoms with Crippen LogP contribution in [0, 0.1) is 11.3 Å². The van der Waals surface area contributed by atoms with Crippen molar-refractivity contribution in [1.29, 1.82) is 5.26 Å². The summed E-state index contributed by atoms with van der Waals surface area (Å²) in [5, 5.41) is 14.2. The number of imide groups is 1. The van der Waals surface area contributed by atoms with Gasteiger partial charge >= 0.3 is 6.03 Å². The van der Waals surface area contributed by atoms with E-state index in [1.165, 1.54) is 6.07 Å². The Labute approximate surface area is 169 Å². The molecule has 3 rings (SSSR count). The molecule has 0 unspecified atom stereocenters. The molecule has 0 aliphatic carbocycles. The van der Waals surface area contributed by atoms with E-state index < -0.39 is 29.9 Å². The van der Waals surface area contributed by atoms with E-state index in [1.54, 1.807) is 25.1 Å². The molecule has 0 radical (unpaired) electrons. The molecular formula is C22H22N4O3. The lowest BCUT2D eigenvalue weighted by Crippen LogP contribution is -2.42. The Morgan fingerprint density at radius 2 is 1.90 bits per heavy atom. The zero-order valence-electron chi connectivity index (χ0n) is 16.5. The summed E-state index contributed by atoms with van der Waals surface area (Å²) in [4.78, 5) is 38.6. The lowest BCUT2D eigenvalue weighted by atomic mass is 9.90. The maximum Gasteiger partial charge on any atom is 0.325 e. The Morgan fingerprint density at radius 3 is 2.52 bits per heavy atom. The second-order valence-corrected chi connectivity index (χ2v) is 7.46. The van der Waals surface area contributed by atoms with Gasteiger partial charge in [-0.2, -0.15) is 5.26 Å². The van der Waals surface area contributed by atoms with Gasteiger partial charge in [-0.25, -0.2) is 4.79 Å². The highest BCUT2D eigenvalue weighted by atomic mass is 16.2. The smallest absolute Gasteiger partial charge is 0.324 e. The van der Waals surface area contributed by atoms with Crippen LogP contribution in [0.5, 0.6) is 0 Å². The van der Waals surface area contributed by atoms with Crippen molar-refractivity contribution in [1.82, 2.24) is 10.2 Å². The maximum atomic E-state index is 13.0. The van der Waals surface area contributed by atoms with Gasteiger partial charge in [0.15, 0.2) is 0 Å². The minimum Gasteiger partial charge on any atom is -0.324 e. The van der Waals surface area contributed by atoms with Crippen LogP contribution in [0.1, 0.15) is 43.4 Å². The fraction of sp³-hybridized carbons (Fsp3) is 0.273. The fourth-order valence-corrected chi connectivity index (χ4v) is 3.25. The summed E-state index contributed by atoms with van der Waals surface area (Å²) >= 11 is 0. The molecule has 2 N–H and O–H groups in total. The Morgan fingerprint density at radius 1 is 1.21 bits per heavy atom. The molecular weight excluding hydrogens is 368 g/mol. The number of urea groups is 1. The van der Waals surface area contributed by atoms with Crippen LogP contribution in [0.2, 0.25) is 0 Å². The highest BCUT2D eigenvalue weighted by Gasteiger charge is 2.49. The topological polar surface area (TPSA) is 102 Å². The van der Waals surface area contributed by atoms with Crippen LogP contribution >= 0.6 is 0 Å². The van der Waals surface area contributed by atoms with Gasteiger partial charge in [-0.05, 0) is 42.2 Å². The maximum absolute atomic E-state index is 13.0. The number of hydrogen-bond acceptors (Lipinski definition) is 4. The molecule has 1 fully saturated rings. The van der Waals surface area contributed by atoms with Gasteiger partial charge in [0.2, 0.25) is 5.91 Å². The number of benzene rings is 2. The summed E-state index contributed by atoms with van der Waals surface area (Å²) in [7, 11) is 0. The third kappa shape index (κ3) is 3.97. The van der Waals surface area contributed by atoms with Gasteiger partial charge in [-0.3, -0.25) is 14.5 Å². The van der Waals surface area contributed by atoms with Crippen LogP contribution in [0.3, 0.4) is 0 Å². The number of amides is 4. The van der Waals surface area contributed by atoms with E-state index in [0.29, 0.717) is 22.7 Å². The monoisotopic (exact) mass is 390 g/mol. The first-order chi connectivity index (χ1) is 13.7. The number of nitrogens with zero attached hydrogens (tertiary/aromatic N) is 2. The summed E-state index contributed by atoms with van der Waals surface area (Å²) in [5.41, 5.74) is 1.38. The third-order valence-electron chi connectivity index (χ3n) is 5.01. The fourth-order valence-electron chi connectivity index (χ4n) is 3.25. The normalized spacial score (nSPS) is 18.5. The summed E-state index contributed by atoms with van der Waals surface area (Å²) in [6.07, 6.45) is 0. The van der Waals surface area contributed by atoms with Crippen molar-refractivity contribution in [3.05, 3.63) is 65.2 Å². The van der Waals surface area contributed by atoms with Gasteiger partial charge in [0.05, 0.1) is 11.6 Å². The van der Waals surface area contributed by atoms with Crippen molar-refractivity contribution in [2.75, 3.05) is 11.9 Å². The van der Waals surface area contributed by atoms with Gasteiger partial charge in [-0.15, -0.1) is 0 Å². The van der Waals surface area contributed by atoms with Crippen LogP contribution in [0.25, 0.3) is 0 Å². The lowest BCUT2D eigenvalue weighted by Gasteiger charge is -2.22. The number of rotatable bonds is 5. The first-order valence-corrected chi connectivity index (χ1v) is 9.29. The second-order valence-electron chi connectivity index (χ2n) is 7.46. The zero-order chi connectivity index (χ0) is 21.2.